The van der Waals surface area contributed by atoms with Crippen LogP contribution in [0.1, 0.15) is 32.6 Å². The molecule has 35 heavy (non-hydrogen) atoms. The molecule has 190 valence electrons. The average Bonchev–Trinajstić information content (AvgIpc) is 2.88. The second kappa shape index (κ2) is 10.9. The van der Waals surface area contributed by atoms with Crippen LogP contribution in [0.25, 0.3) is 10.9 Å². The van der Waals surface area contributed by atoms with E-state index in [0.29, 0.717) is 68.7 Å². The predicted octanol–water partition coefficient (Wildman–Crippen LogP) is 1.44. The van der Waals surface area contributed by atoms with Crippen LogP contribution in [0.3, 0.4) is 0 Å². The zero-order chi connectivity index (χ0) is 25.0. The van der Waals surface area contributed by atoms with Crippen molar-refractivity contribution in [3.05, 3.63) is 30.3 Å². The van der Waals surface area contributed by atoms with Crippen LogP contribution >= 0.6 is 0 Å². The lowest BCUT2D eigenvalue weighted by Crippen LogP contribution is -2.58. The number of esters is 1. The first-order valence-electron chi connectivity index (χ1n) is 12.0. The summed E-state index contributed by atoms with van der Waals surface area (Å²) < 4.78 is 39.1. The molecule has 1 aromatic heterocycles. The molecule has 2 aromatic rings. The largest absolute Gasteiger partial charge is 0.478 e. The number of methoxy groups -OCH3 is 1. The fourth-order valence-electron chi connectivity index (χ4n) is 4.78. The fourth-order valence-corrected chi connectivity index (χ4v) is 6.12. The minimum Gasteiger partial charge on any atom is -0.478 e. The van der Waals surface area contributed by atoms with Gasteiger partial charge in [-0.05, 0) is 56.9 Å². The summed E-state index contributed by atoms with van der Waals surface area (Å²) in [7, 11) is -2.41. The molecule has 2 N–H and O–H groups in total. The molecule has 1 saturated carbocycles. The fraction of sp³-hybridized carbons (Fsp3) is 0.542. The van der Waals surface area contributed by atoms with Gasteiger partial charge in [0.15, 0.2) is 0 Å². The highest BCUT2D eigenvalue weighted by molar-refractivity contribution is 7.89. The number of rotatable bonds is 7. The monoisotopic (exact) mass is 504 g/mol. The Morgan fingerprint density at radius 1 is 1.17 bits per heavy atom. The van der Waals surface area contributed by atoms with Gasteiger partial charge in [-0.2, -0.15) is 0 Å². The number of fused-ring (bicyclic) bond motifs is 1. The zero-order valence-corrected chi connectivity index (χ0v) is 20.8. The van der Waals surface area contributed by atoms with Gasteiger partial charge >= 0.3 is 5.97 Å². The molecule has 0 unspecified atom stereocenters. The zero-order valence-electron chi connectivity index (χ0n) is 20.0. The van der Waals surface area contributed by atoms with Crippen molar-refractivity contribution in [2.45, 2.75) is 49.6 Å². The number of hydrogen-bond acceptors (Lipinski definition) is 8. The molecule has 2 heterocycles. The van der Waals surface area contributed by atoms with Crippen LogP contribution in [0, 0.1) is 5.92 Å². The van der Waals surface area contributed by atoms with Crippen LogP contribution in [0.15, 0.2) is 35.2 Å². The van der Waals surface area contributed by atoms with Crippen molar-refractivity contribution in [3.8, 4) is 5.88 Å². The maximum Gasteiger partial charge on any atom is 0.329 e. The molecule has 1 aliphatic heterocycles. The van der Waals surface area contributed by atoms with Crippen LogP contribution in [0.5, 0.6) is 5.88 Å². The number of aromatic nitrogens is 1. The summed E-state index contributed by atoms with van der Waals surface area (Å²) in [6.07, 6.45) is 2.23. The number of nitrogens with one attached hydrogen (secondary N) is 2. The van der Waals surface area contributed by atoms with Crippen LogP contribution in [0.4, 0.5) is 0 Å². The smallest absolute Gasteiger partial charge is 0.329 e. The van der Waals surface area contributed by atoms with Crippen molar-refractivity contribution in [2.75, 3.05) is 33.4 Å². The van der Waals surface area contributed by atoms with Gasteiger partial charge in [-0.25, -0.2) is 22.9 Å². The average molecular weight is 505 g/mol. The molecule has 11 heteroatoms. The summed E-state index contributed by atoms with van der Waals surface area (Å²) in [5.74, 6) is -0.214. The number of piperazine rings is 1. The number of hydrogen-bond donors (Lipinski definition) is 2. The Kier molecular flexibility index (Phi) is 7.88. The molecule has 0 bridgehead atoms. The molecule has 1 aliphatic carbocycles. The predicted molar refractivity (Wildman–Crippen MR) is 129 cm³/mol. The highest BCUT2D eigenvalue weighted by atomic mass is 32.2. The van der Waals surface area contributed by atoms with E-state index in [1.54, 1.807) is 35.2 Å². The van der Waals surface area contributed by atoms with Crippen LogP contribution in [-0.4, -0.2) is 75.6 Å². The second-order valence-corrected chi connectivity index (χ2v) is 10.6. The van der Waals surface area contributed by atoms with Crippen LogP contribution < -0.4 is 14.8 Å². The molecule has 10 nitrogen and oxygen atoms in total. The van der Waals surface area contributed by atoms with Gasteiger partial charge in [-0.1, -0.05) is 0 Å². The lowest BCUT2D eigenvalue weighted by molar-refractivity contribution is -0.156. The van der Waals surface area contributed by atoms with E-state index in [0.717, 1.165) is 0 Å². The number of sulfonamides is 1. The topological polar surface area (TPSA) is 127 Å². The molecular weight excluding hydrogens is 472 g/mol. The van der Waals surface area contributed by atoms with Crippen LogP contribution in [0.2, 0.25) is 0 Å². The number of carbonyl (C=O) groups is 2. The van der Waals surface area contributed by atoms with E-state index >= 15 is 0 Å². The van der Waals surface area contributed by atoms with Crippen molar-refractivity contribution in [1.29, 1.82) is 0 Å². The third kappa shape index (κ3) is 5.74. The van der Waals surface area contributed by atoms with Gasteiger partial charge in [0.25, 0.3) is 0 Å². The minimum atomic E-state index is -3.73. The molecule has 0 radical (unpaired) electrons. The minimum absolute atomic E-state index is 0.0586. The number of benzene rings is 1. The maximum absolute atomic E-state index is 13.1. The second-order valence-electron chi connectivity index (χ2n) is 8.88. The Bertz CT molecular complexity index is 1180. The highest BCUT2D eigenvalue weighted by Gasteiger charge is 2.38. The summed E-state index contributed by atoms with van der Waals surface area (Å²) in [4.78, 5) is 31.4. The van der Waals surface area contributed by atoms with E-state index in [2.05, 4.69) is 15.0 Å². The molecule has 1 atom stereocenters. The Labute approximate surface area is 205 Å². The summed E-state index contributed by atoms with van der Waals surface area (Å²) in [6, 6.07) is 7.46. The lowest BCUT2D eigenvalue weighted by atomic mass is 9.85. The summed E-state index contributed by atoms with van der Waals surface area (Å²) >= 11 is 0. The van der Waals surface area contributed by atoms with Crippen molar-refractivity contribution in [1.82, 2.24) is 19.9 Å². The number of pyridine rings is 1. The van der Waals surface area contributed by atoms with Crippen molar-refractivity contribution < 1.29 is 27.5 Å². The van der Waals surface area contributed by atoms with E-state index < -0.39 is 22.0 Å². The molecule has 0 spiro atoms. The van der Waals surface area contributed by atoms with Crippen LogP contribution in [-0.2, 0) is 24.3 Å². The third-order valence-electron chi connectivity index (χ3n) is 6.64. The summed E-state index contributed by atoms with van der Waals surface area (Å²) in [6.45, 7) is 3.84. The Morgan fingerprint density at radius 3 is 2.66 bits per heavy atom. The summed E-state index contributed by atoms with van der Waals surface area (Å²) in [5, 5.41) is 3.83. The molecule has 2 fully saturated rings. The van der Waals surface area contributed by atoms with E-state index in [1.165, 1.54) is 7.11 Å². The van der Waals surface area contributed by atoms with E-state index in [4.69, 9.17) is 9.47 Å². The van der Waals surface area contributed by atoms with Gasteiger partial charge in [-0.15, -0.1) is 0 Å². The Hall–Kier alpha value is -2.76. The van der Waals surface area contributed by atoms with Gasteiger partial charge in [-0.3, -0.25) is 4.79 Å². The lowest BCUT2D eigenvalue weighted by Gasteiger charge is -2.38. The molecule has 1 saturated heterocycles. The number of ether oxygens (including phenoxy) is 2. The first-order chi connectivity index (χ1) is 16.8. The Balaban J connectivity index is 1.37. The van der Waals surface area contributed by atoms with Crippen molar-refractivity contribution in [3.63, 3.8) is 0 Å². The SMILES string of the molecule is CCOc1ccc2cc(S(=O)(=O)NC3CCC(C(=O)N4CCNC[C@@H]4C(=O)OC)CC3)ccc2n1. The van der Waals surface area contributed by atoms with Gasteiger partial charge in [0.2, 0.25) is 21.8 Å². The standard InChI is InChI=1S/C24H32N4O6S/c1-3-34-22-11-6-17-14-19(9-10-20(17)26-22)35(31,32)27-18-7-4-16(5-8-18)23(29)28-13-12-25-15-21(28)24(30)33-2/h6,9-11,14,16,18,21,25,27H,3-5,7-8,12-13,15H2,1-2H3/t16?,18?,21-/m1/s1. The number of carbonyl (C=O) groups excluding carboxylic acids is 2. The number of amides is 1. The summed E-state index contributed by atoms with van der Waals surface area (Å²) in [5.41, 5.74) is 0.659. The molecule has 1 aromatic carbocycles. The molecule has 4 rings (SSSR count). The highest BCUT2D eigenvalue weighted by Crippen LogP contribution is 2.29. The third-order valence-corrected chi connectivity index (χ3v) is 8.15. The first kappa shape index (κ1) is 25.3. The van der Waals surface area contributed by atoms with E-state index in [9.17, 15) is 18.0 Å². The van der Waals surface area contributed by atoms with Gasteiger partial charge in [0.05, 0.1) is 24.1 Å². The Morgan fingerprint density at radius 2 is 1.94 bits per heavy atom. The van der Waals surface area contributed by atoms with E-state index in [1.807, 2.05) is 6.92 Å². The van der Waals surface area contributed by atoms with Crippen molar-refractivity contribution >= 4 is 32.8 Å². The van der Waals surface area contributed by atoms with E-state index in [-0.39, 0.29) is 22.8 Å². The van der Waals surface area contributed by atoms with Crippen molar-refractivity contribution in [2.24, 2.45) is 5.92 Å². The van der Waals surface area contributed by atoms with Gasteiger partial charge in [0, 0.05) is 43.0 Å². The van der Waals surface area contributed by atoms with Gasteiger partial charge in [0.1, 0.15) is 6.04 Å². The molecule has 1 amide bonds. The first-order valence-corrected chi connectivity index (χ1v) is 13.5. The maximum atomic E-state index is 13.1. The normalized spacial score (nSPS) is 23.1. The molecular formula is C24H32N4O6S. The number of nitrogens with zero attached hydrogens (tertiary/aromatic N) is 2. The quantitative estimate of drug-likeness (QED) is 0.543. The van der Waals surface area contributed by atoms with Gasteiger partial charge < -0.3 is 19.7 Å². The molecule has 2 aliphatic rings.